The third kappa shape index (κ3) is 4.36. The van der Waals surface area contributed by atoms with Crippen molar-refractivity contribution in [3.05, 3.63) is 65.5 Å². The molecule has 0 radical (unpaired) electrons. The Morgan fingerprint density at radius 1 is 1.03 bits per heavy atom. The minimum absolute atomic E-state index is 0. The molecule has 2 aromatic rings. The first-order valence-corrected chi connectivity index (χ1v) is 9.97. The number of carbonyl (C=O) groups excluding carboxylic acids is 2. The van der Waals surface area contributed by atoms with Crippen LogP contribution >= 0.6 is 12.4 Å². The van der Waals surface area contributed by atoms with E-state index in [1.807, 2.05) is 36.1 Å². The molecule has 1 amide bonds. The molecule has 0 N–H and O–H groups in total. The van der Waals surface area contributed by atoms with Crippen molar-refractivity contribution < 1.29 is 14.0 Å². The maximum Gasteiger partial charge on any atom is 0.234 e. The molecule has 0 bridgehead atoms. The lowest BCUT2D eigenvalue weighted by molar-refractivity contribution is -0.119. The standard InChI is InChI=1S/C23H25FN2O2.ClH/c1-16-20-4-2-3-5-21(20)26(23(16)28)15-14-25-12-10-18(11-13-25)22(27)17-6-8-19(24)9-7-17;/h2-9,16,18H,10-15H2,1H3;1H. The number of carbonyl (C=O) groups is 2. The van der Waals surface area contributed by atoms with Gasteiger partial charge in [0.2, 0.25) is 5.91 Å². The van der Waals surface area contributed by atoms with Gasteiger partial charge in [-0.05, 0) is 68.8 Å². The van der Waals surface area contributed by atoms with Crippen LogP contribution in [0.5, 0.6) is 0 Å². The molecule has 6 heteroatoms. The Morgan fingerprint density at radius 3 is 2.38 bits per heavy atom. The number of anilines is 1. The molecule has 29 heavy (non-hydrogen) atoms. The Balaban J connectivity index is 0.00000240. The van der Waals surface area contributed by atoms with Gasteiger partial charge in [-0.2, -0.15) is 0 Å². The fraction of sp³-hybridized carbons (Fsp3) is 0.391. The zero-order chi connectivity index (χ0) is 19.7. The minimum atomic E-state index is -0.321. The maximum atomic E-state index is 13.1. The van der Waals surface area contributed by atoms with Crippen molar-refractivity contribution in [1.82, 2.24) is 4.90 Å². The van der Waals surface area contributed by atoms with E-state index in [2.05, 4.69) is 4.90 Å². The highest BCUT2D eigenvalue weighted by Gasteiger charge is 2.34. The highest BCUT2D eigenvalue weighted by atomic mass is 35.5. The number of likely N-dealkylation sites (tertiary alicyclic amines) is 1. The number of nitrogens with zero attached hydrogens (tertiary/aromatic N) is 2. The highest BCUT2D eigenvalue weighted by Crippen LogP contribution is 2.36. The van der Waals surface area contributed by atoms with Gasteiger partial charge in [-0.1, -0.05) is 18.2 Å². The van der Waals surface area contributed by atoms with Gasteiger partial charge in [-0.3, -0.25) is 9.59 Å². The Hall–Kier alpha value is -2.24. The lowest BCUT2D eigenvalue weighted by Gasteiger charge is -2.32. The first kappa shape index (κ1) is 21.5. The SMILES string of the molecule is CC1C(=O)N(CCN2CCC(C(=O)c3ccc(F)cc3)CC2)c2ccccc21.Cl. The molecule has 4 rings (SSSR count). The number of Topliss-reactive ketones (excluding diaryl/α,β-unsaturated/α-hetero) is 1. The summed E-state index contributed by atoms with van der Waals surface area (Å²) in [7, 11) is 0. The summed E-state index contributed by atoms with van der Waals surface area (Å²) in [5.41, 5.74) is 2.73. The average Bonchev–Trinajstić information content (AvgIpc) is 2.97. The second-order valence-corrected chi connectivity index (χ2v) is 7.76. The van der Waals surface area contributed by atoms with Crippen LogP contribution in [0, 0.1) is 11.7 Å². The molecule has 154 valence electrons. The van der Waals surface area contributed by atoms with Gasteiger partial charge in [-0.25, -0.2) is 4.39 Å². The van der Waals surface area contributed by atoms with Crippen molar-refractivity contribution in [2.45, 2.75) is 25.7 Å². The third-order valence-electron chi connectivity index (χ3n) is 6.06. The van der Waals surface area contributed by atoms with Crippen LogP contribution in [0.15, 0.2) is 48.5 Å². The molecule has 0 spiro atoms. The number of hydrogen-bond donors (Lipinski definition) is 0. The Kier molecular flexibility index (Phi) is 6.70. The van der Waals surface area contributed by atoms with Gasteiger partial charge in [0, 0.05) is 30.3 Å². The quantitative estimate of drug-likeness (QED) is 0.682. The van der Waals surface area contributed by atoms with Gasteiger partial charge in [0.1, 0.15) is 5.82 Å². The molecule has 1 saturated heterocycles. The van der Waals surface area contributed by atoms with Gasteiger partial charge >= 0.3 is 0 Å². The van der Waals surface area contributed by atoms with Gasteiger partial charge in [-0.15, -0.1) is 12.4 Å². The molecular formula is C23H26ClFN2O2. The molecule has 0 saturated carbocycles. The second-order valence-electron chi connectivity index (χ2n) is 7.76. The lowest BCUT2D eigenvalue weighted by atomic mass is 9.89. The number of fused-ring (bicyclic) bond motifs is 1. The molecule has 2 aliphatic heterocycles. The topological polar surface area (TPSA) is 40.6 Å². The number of para-hydroxylation sites is 1. The Bertz CT molecular complexity index is 879. The summed E-state index contributed by atoms with van der Waals surface area (Å²) < 4.78 is 13.1. The van der Waals surface area contributed by atoms with Crippen molar-refractivity contribution in [2.24, 2.45) is 5.92 Å². The number of halogens is 2. The van der Waals surface area contributed by atoms with E-state index in [9.17, 15) is 14.0 Å². The molecule has 1 unspecified atom stereocenters. The van der Waals surface area contributed by atoms with Crippen molar-refractivity contribution in [3.63, 3.8) is 0 Å². The van der Waals surface area contributed by atoms with Crippen molar-refractivity contribution in [3.8, 4) is 0 Å². The fourth-order valence-electron chi connectivity index (χ4n) is 4.33. The number of amides is 1. The van der Waals surface area contributed by atoms with E-state index in [0.29, 0.717) is 12.1 Å². The summed E-state index contributed by atoms with van der Waals surface area (Å²) in [6, 6.07) is 13.8. The molecule has 1 atom stereocenters. The Labute approximate surface area is 177 Å². The van der Waals surface area contributed by atoms with E-state index in [4.69, 9.17) is 0 Å². The summed E-state index contributed by atoms with van der Waals surface area (Å²) in [6.45, 7) is 5.14. The van der Waals surface area contributed by atoms with Crippen LogP contribution in [-0.2, 0) is 4.79 Å². The smallest absolute Gasteiger partial charge is 0.234 e. The van der Waals surface area contributed by atoms with Crippen LogP contribution in [0.25, 0.3) is 0 Å². The number of benzene rings is 2. The molecule has 2 aliphatic rings. The molecular weight excluding hydrogens is 391 g/mol. The minimum Gasteiger partial charge on any atom is -0.310 e. The predicted molar refractivity (Wildman–Crippen MR) is 114 cm³/mol. The summed E-state index contributed by atoms with van der Waals surface area (Å²) in [5.74, 6) is -0.121. The monoisotopic (exact) mass is 416 g/mol. The van der Waals surface area contributed by atoms with Crippen LogP contribution in [0.2, 0.25) is 0 Å². The fourth-order valence-corrected chi connectivity index (χ4v) is 4.33. The largest absolute Gasteiger partial charge is 0.310 e. The molecule has 0 aliphatic carbocycles. The number of rotatable bonds is 5. The zero-order valence-corrected chi connectivity index (χ0v) is 17.3. The molecule has 2 heterocycles. The van der Waals surface area contributed by atoms with Gasteiger partial charge in [0.05, 0.1) is 5.92 Å². The Morgan fingerprint density at radius 2 is 1.69 bits per heavy atom. The van der Waals surface area contributed by atoms with Crippen LogP contribution in [0.3, 0.4) is 0 Å². The van der Waals surface area contributed by atoms with Crippen LogP contribution in [0.1, 0.15) is 41.6 Å². The zero-order valence-electron chi connectivity index (χ0n) is 16.5. The van der Waals surface area contributed by atoms with Crippen molar-refractivity contribution in [1.29, 1.82) is 0 Å². The van der Waals surface area contributed by atoms with E-state index >= 15 is 0 Å². The predicted octanol–water partition coefficient (Wildman–Crippen LogP) is 4.29. The molecule has 0 aromatic heterocycles. The summed E-state index contributed by atoms with van der Waals surface area (Å²) in [5, 5.41) is 0. The first-order valence-electron chi connectivity index (χ1n) is 9.97. The summed E-state index contributed by atoms with van der Waals surface area (Å²) >= 11 is 0. The molecule has 1 fully saturated rings. The molecule has 4 nitrogen and oxygen atoms in total. The van der Waals surface area contributed by atoms with Crippen molar-refractivity contribution in [2.75, 3.05) is 31.1 Å². The number of piperidine rings is 1. The van der Waals surface area contributed by atoms with Crippen LogP contribution < -0.4 is 4.90 Å². The second kappa shape index (κ2) is 9.06. The first-order chi connectivity index (χ1) is 13.5. The van der Waals surface area contributed by atoms with Crippen LogP contribution in [0.4, 0.5) is 10.1 Å². The maximum absolute atomic E-state index is 13.1. The van der Waals surface area contributed by atoms with E-state index in [0.717, 1.165) is 43.7 Å². The van der Waals surface area contributed by atoms with Gasteiger partial charge in [0.25, 0.3) is 0 Å². The van der Waals surface area contributed by atoms with E-state index in [1.165, 1.54) is 12.1 Å². The number of hydrogen-bond acceptors (Lipinski definition) is 3. The van der Waals surface area contributed by atoms with E-state index in [1.54, 1.807) is 12.1 Å². The van der Waals surface area contributed by atoms with Gasteiger partial charge < -0.3 is 9.80 Å². The summed E-state index contributed by atoms with van der Waals surface area (Å²) in [4.78, 5) is 29.4. The average molecular weight is 417 g/mol. The molecule has 2 aromatic carbocycles. The van der Waals surface area contributed by atoms with Crippen molar-refractivity contribution >= 4 is 29.8 Å². The summed E-state index contributed by atoms with van der Waals surface area (Å²) in [6.07, 6.45) is 1.61. The van der Waals surface area contributed by atoms with Crippen LogP contribution in [-0.4, -0.2) is 42.8 Å². The lowest BCUT2D eigenvalue weighted by Crippen LogP contribution is -2.42. The number of ketones is 1. The third-order valence-corrected chi connectivity index (χ3v) is 6.06. The normalized spacial score (nSPS) is 19.7. The van der Waals surface area contributed by atoms with E-state index in [-0.39, 0.29) is 41.8 Å². The van der Waals surface area contributed by atoms with E-state index < -0.39 is 0 Å². The van der Waals surface area contributed by atoms with Gasteiger partial charge in [0.15, 0.2) is 5.78 Å². The highest BCUT2D eigenvalue weighted by molar-refractivity contribution is 6.04.